The highest BCUT2D eigenvalue weighted by Crippen LogP contribution is 2.28. The molecule has 0 spiro atoms. The second kappa shape index (κ2) is 8.90. The van der Waals surface area contributed by atoms with Crippen molar-refractivity contribution >= 4 is 38.5 Å². The van der Waals surface area contributed by atoms with Crippen LogP contribution in [0, 0.1) is 12.8 Å². The standard InChI is InChI=1S/C22H22ClN3O4S/c1-15-18-6-2-3-7-19(18)25-20(21(15)23)14-30-22(27)16-8-11-26(12-9-16)31(28,29)17-5-4-10-24-13-17/h2-7,10,13,16H,8-9,11-12,14H2,1H3. The fourth-order valence-corrected chi connectivity index (χ4v) is 5.38. The minimum Gasteiger partial charge on any atom is -0.459 e. The van der Waals surface area contributed by atoms with Crippen molar-refractivity contribution in [1.82, 2.24) is 14.3 Å². The first-order valence-corrected chi connectivity index (χ1v) is 11.8. The summed E-state index contributed by atoms with van der Waals surface area (Å²) in [5.74, 6) is -0.720. The molecule has 31 heavy (non-hydrogen) atoms. The molecule has 1 saturated heterocycles. The van der Waals surface area contributed by atoms with Crippen molar-refractivity contribution in [3.05, 3.63) is 65.1 Å². The van der Waals surface area contributed by atoms with Crippen LogP contribution < -0.4 is 0 Å². The second-order valence-corrected chi connectivity index (χ2v) is 9.81. The first kappa shape index (κ1) is 21.7. The van der Waals surface area contributed by atoms with Crippen molar-refractivity contribution in [2.24, 2.45) is 5.92 Å². The maximum absolute atomic E-state index is 12.7. The van der Waals surface area contributed by atoms with Gasteiger partial charge in [0.1, 0.15) is 11.5 Å². The average molecular weight is 460 g/mol. The second-order valence-electron chi connectivity index (χ2n) is 7.49. The number of hydrogen-bond donors (Lipinski definition) is 0. The van der Waals surface area contributed by atoms with Crippen molar-refractivity contribution in [2.75, 3.05) is 13.1 Å². The summed E-state index contributed by atoms with van der Waals surface area (Å²) in [6, 6.07) is 10.8. The predicted molar refractivity (Wildman–Crippen MR) is 117 cm³/mol. The Morgan fingerprint density at radius 3 is 2.65 bits per heavy atom. The molecule has 0 saturated carbocycles. The summed E-state index contributed by atoms with van der Waals surface area (Å²) in [6.45, 7) is 2.41. The highest BCUT2D eigenvalue weighted by molar-refractivity contribution is 7.89. The van der Waals surface area contributed by atoms with E-state index in [-0.39, 0.29) is 36.5 Å². The molecule has 7 nitrogen and oxygen atoms in total. The third kappa shape index (κ3) is 4.42. The fourth-order valence-electron chi connectivity index (χ4n) is 3.75. The van der Waals surface area contributed by atoms with Gasteiger partial charge in [0.15, 0.2) is 0 Å². The first-order chi connectivity index (χ1) is 14.9. The van der Waals surface area contributed by atoms with Gasteiger partial charge in [0, 0.05) is 30.9 Å². The van der Waals surface area contributed by atoms with E-state index in [2.05, 4.69) is 9.97 Å². The van der Waals surface area contributed by atoms with E-state index < -0.39 is 10.0 Å². The van der Waals surface area contributed by atoms with Gasteiger partial charge in [-0.15, -0.1) is 0 Å². The Labute approximate surface area is 186 Å². The molecule has 1 fully saturated rings. The molecule has 0 bridgehead atoms. The molecule has 0 aliphatic carbocycles. The fraction of sp³-hybridized carbons (Fsp3) is 0.318. The van der Waals surface area contributed by atoms with Gasteiger partial charge in [-0.2, -0.15) is 4.31 Å². The van der Waals surface area contributed by atoms with Crippen molar-refractivity contribution in [2.45, 2.75) is 31.3 Å². The summed E-state index contributed by atoms with van der Waals surface area (Å²) >= 11 is 6.44. The Bertz CT molecular complexity index is 1210. The molecule has 0 radical (unpaired) electrons. The number of benzene rings is 1. The van der Waals surface area contributed by atoms with Crippen molar-refractivity contribution in [3.8, 4) is 0 Å². The number of fused-ring (bicyclic) bond motifs is 1. The number of rotatable bonds is 5. The summed E-state index contributed by atoms with van der Waals surface area (Å²) in [5.41, 5.74) is 2.21. The third-order valence-corrected chi connectivity index (χ3v) is 7.94. The molecule has 0 unspecified atom stereocenters. The zero-order valence-corrected chi connectivity index (χ0v) is 18.6. The molecular formula is C22H22ClN3O4S. The van der Waals surface area contributed by atoms with Gasteiger partial charge < -0.3 is 4.74 Å². The van der Waals surface area contributed by atoms with Gasteiger partial charge >= 0.3 is 5.97 Å². The number of pyridine rings is 2. The number of carbonyl (C=O) groups excluding carboxylic acids is 1. The van der Waals surface area contributed by atoms with Gasteiger partial charge in [0.25, 0.3) is 0 Å². The highest BCUT2D eigenvalue weighted by atomic mass is 35.5. The number of sulfonamides is 1. The van der Waals surface area contributed by atoms with Crippen LogP contribution >= 0.6 is 11.6 Å². The van der Waals surface area contributed by atoms with E-state index in [9.17, 15) is 13.2 Å². The Morgan fingerprint density at radius 2 is 1.94 bits per heavy atom. The summed E-state index contributed by atoms with van der Waals surface area (Å²) in [4.78, 5) is 21.1. The Morgan fingerprint density at radius 1 is 1.19 bits per heavy atom. The van der Waals surface area contributed by atoms with E-state index in [0.717, 1.165) is 16.5 Å². The summed E-state index contributed by atoms with van der Waals surface area (Å²) in [6.07, 6.45) is 3.66. The van der Waals surface area contributed by atoms with Crippen LogP contribution in [-0.2, 0) is 26.2 Å². The molecule has 3 aromatic rings. The van der Waals surface area contributed by atoms with Gasteiger partial charge in [-0.3, -0.25) is 9.78 Å². The number of piperidine rings is 1. The molecule has 1 aromatic carbocycles. The maximum atomic E-state index is 12.7. The van der Waals surface area contributed by atoms with Gasteiger partial charge in [-0.25, -0.2) is 13.4 Å². The van der Waals surface area contributed by atoms with Crippen LogP contribution in [0.3, 0.4) is 0 Å². The SMILES string of the molecule is Cc1c(Cl)c(COC(=O)C2CCN(S(=O)(=O)c3cccnc3)CC2)nc2ccccc12. The number of hydrogen-bond acceptors (Lipinski definition) is 6. The monoisotopic (exact) mass is 459 g/mol. The number of aryl methyl sites for hydroxylation is 1. The summed E-state index contributed by atoms with van der Waals surface area (Å²) < 4.78 is 32.3. The molecule has 0 N–H and O–H groups in total. The number of aromatic nitrogens is 2. The van der Waals surface area contributed by atoms with Crippen LogP contribution in [0.4, 0.5) is 0 Å². The molecule has 1 aliphatic rings. The average Bonchev–Trinajstić information content (AvgIpc) is 2.81. The van der Waals surface area contributed by atoms with Crippen molar-refractivity contribution in [1.29, 1.82) is 0 Å². The lowest BCUT2D eigenvalue weighted by Crippen LogP contribution is -2.40. The Kier molecular flexibility index (Phi) is 6.22. The minimum absolute atomic E-state index is 0.0163. The third-order valence-electron chi connectivity index (χ3n) is 5.56. The summed E-state index contributed by atoms with van der Waals surface area (Å²) in [7, 11) is -3.61. The lowest BCUT2D eigenvalue weighted by atomic mass is 9.98. The first-order valence-electron chi connectivity index (χ1n) is 9.98. The number of nitrogens with zero attached hydrogens (tertiary/aromatic N) is 3. The normalized spacial score (nSPS) is 15.8. The van der Waals surface area contributed by atoms with Gasteiger partial charge in [0.05, 0.1) is 22.2 Å². The minimum atomic E-state index is -3.61. The predicted octanol–water partition coefficient (Wildman–Crippen LogP) is 3.74. The zero-order chi connectivity index (χ0) is 22.0. The number of halogens is 1. The van der Waals surface area contributed by atoms with Crippen LogP contribution in [0.15, 0.2) is 53.7 Å². The molecule has 0 amide bonds. The Balaban J connectivity index is 1.38. The van der Waals surface area contributed by atoms with Crippen LogP contribution in [0.1, 0.15) is 24.1 Å². The van der Waals surface area contributed by atoms with Crippen LogP contribution in [0.25, 0.3) is 10.9 Å². The molecule has 4 rings (SSSR count). The number of ether oxygens (including phenoxy) is 1. The van der Waals surface area contributed by atoms with Gasteiger partial charge in [-0.1, -0.05) is 29.8 Å². The smallest absolute Gasteiger partial charge is 0.309 e. The lowest BCUT2D eigenvalue weighted by Gasteiger charge is -2.30. The van der Waals surface area contributed by atoms with Crippen molar-refractivity contribution < 1.29 is 17.9 Å². The van der Waals surface area contributed by atoms with E-state index in [0.29, 0.717) is 23.6 Å². The largest absolute Gasteiger partial charge is 0.459 e. The topological polar surface area (TPSA) is 89.5 Å². The Hall–Kier alpha value is -2.55. The van der Waals surface area contributed by atoms with E-state index in [4.69, 9.17) is 16.3 Å². The summed E-state index contributed by atoms with van der Waals surface area (Å²) in [5, 5.41) is 1.45. The number of para-hydroxylation sites is 1. The van der Waals surface area contributed by atoms with E-state index in [1.165, 1.54) is 22.8 Å². The number of esters is 1. The molecule has 9 heteroatoms. The highest BCUT2D eigenvalue weighted by Gasteiger charge is 2.33. The number of carbonyl (C=O) groups is 1. The van der Waals surface area contributed by atoms with Crippen molar-refractivity contribution in [3.63, 3.8) is 0 Å². The zero-order valence-electron chi connectivity index (χ0n) is 17.0. The molecule has 1 aliphatic heterocycles. The van der Waals surface area contributed by atoms with Crippen LogP contribution in [0.2, 0.25) is 5.02 Å². The molecule has 2 aromatic heterocycles. The van der Waals surface area contributed by atoms with E-state index >= 15 is 0 Å². The van der Waals surface area contributed by atoms with E-state index in [1.54, 1.807) is 6.07 Å². The van der Waals surface area contributed by atoms with Gasteiger partial charge in [-0.05, 0) is 43.5 Å². The molecular weight excluding hydrogens is 438 g/mol. The van der Waals surface area contributed by atoms with Gasteiger partial charge in [0.2, 0.25) is 10.0 Å². The van der Waals surface area contributed by atoms with Crippen LogP contribution in [-0.4, -0.2) is 41.7 Å². The molecule has 162 valence electrons. The van der Waals surface area contributed by atoms with Crippen LogP contribution in [0.5, 0.6) is 0 Å². The quantitative estimate of drug-likeness (QED) is 0.540. The molecule has 3 heterocycles. The lowest BCUT2D eigenvalue weighted by molar-refractivity contribution is -0.151. The maximum Gasteiger partial charge on any atom is 0.309 e. The molecule has 0 atom stereocenters. The van der Waals surface area contributed by atoms with E-state index in [1.807, 2.05) is 31.2 Å².